The molecular formula is C13H21N3OS. The fourth-order valence-corrected chi connectivity index (χ4v) is 3.48. The highest BCUT2D eigenvalue weighted by atomic mass is 32.1. The summed E-state index contributed by atoms with van der Waals surface area (Å²) in [6.45, 7) is 6.70. The number of nitrogens with one attached hydrogen (secondary N) is 1. The number of hydrazine groups is 1. The van der Waals surface area contributed by atoms with Crippen LogP contribution in [0.5, 0.6) is 0 Å². The average molecular weight is 267 g/mol. The zero-order valence-electron chi connectivity index (χ0n) is 11.0. The molecule has 2 rings (SSSR count). The maximum absolute atomic E-state index is 11.4. The van der Waals surface area contributed by atoms with Gasteiger partial charge in [0.05, 0.1) is 4.88 Å². The van der Waals surface area contributed by atoms with E-state index in [1.807, 2.05) is 12.1 Å². The van der Waals surface area contributed by atoms with Crippen molar-refractivity contribution in [3.05, 3.63) is 21.9 Å². The highest BCUT2D eigenvalue weighted by Crippen LogP contribution is 2.26. The van der Waals surface area contributed by atoms with Crippen LogP contribution in [0.1, 0.15) is 41.2 Å². The van der Waals surface area contributed by atoms with Crippen LogP contribution in [0.4, 0.5) is 0 Å². The predicted octanol–water partition coefficient (Wildman–Crippen LogP) is 1.97. The van der Waals surface area contributed by atoms with E-state index in [2.05, 4.69) is 24.2 Å². The van der Waals surface area contributed by atoms with Crippen molar-refractivity contribution in [2.75, 3.05) is 6.54 Å². The van der Waals surface area contributed by atoms with Crippen molar-refractivity contribution in [1.29, 1.82) is 0 Å². The van der Waals surface area contributed by atoms with Gasteiger partial charge in [-0.2, -0.15) is 0 Å². The van der Waals surface area contributed by atoms with E-state index in [9.17, 15) is 4.79 Å². The standard InChI is InChI=1S/C13H21N3OS/c1-9-5-6-16(10(2)7-9)8-11-3-4-12(18-11)13(17)15-14/h3-4,9-10H,5-8,14H2,1-2H3,(H,15,17). The van der Waals surface area contributed by atoms with E-state index in [1.165, 1.54) is 29.1 Å². The molecule has 1 fully saturated rings. The normalized spacial score (nSPS) is 25.1. The zero-order chi connectivity index (χ0) is 13.1. The second-order valence-corrected chi connectivity index (χ2v) is 6.36. The molecule has 100 valence electrons. The number of amides is 1. The third-order valence-corrected chi connectivity index (χ3v) is 4.72. The number of hydrogen-bond donors (Lipinski definition) is 2. The second kappa shape index (κ2) is 5.82. The number of carbonyl (C=O) groups excluding carboxylic acids is 1. The number of likely N-dealkylation sites (tertiary alicyclic amines) is 1. The summed E-state index contributed by atoms with van der Waals surface area (Å²) in [6.07, 6.45) is 2.54. The number of carbonyl (C=O) groups is 1. The first-order valence-electron chi connectivity index (χ1n) is 6.44. The summed E-state index contributed by atoms with van der Waals surface area (Å²) in [6, 6.07) is 4.50. The molecule has 2 unspecified atom stereocenters. The van der Waals surface area contributed by atoms with E-state index in [-0.39, 0.29) is 5.91 Å². The smallest absolute Gasteiger partial charge is 0.275 e. The van der Waals surface area contributed by atoms with Gasteiger partial charge in [0.15, 0.2) is 0 Å². The molecule has 0 radical (unpaired) electrons. The number of piperidine rings is 1. The molecule has 0 spiro atoms. The lowest BCUT2D eigenvalue weighted by atomic mass is 9.93. The van der Waals surface area contributed by atoms with E-state index in [1.54, 1.807) is 0 Å². The number of thiophene rings is 1. The molecule has 0 aromatic carbocycles. The van der Waals surface area contributed by atoms with Gasteiger partial charge in [0.2, 0.25) is 0 Å². The Labute approximate surface area is 112 Å². The molecule has 0 bridgehead atoms. The van der Waals surface area contributed by atoms with E-state index in [0.29, 0.717) is 10.9 Å². The number of nitrogens with zero attached hydrogens (tertiary/aromatic N) is 1. The quantitative estimate of drug-likeness (QED) is 0.500. The Balaban J connectivity index is 1.97. The number of nitrogens with two attached hydrogens (primary N) is 1. The molecule has 1 aliphatic heterocycles. The minimum Gasteiger partial charge on any atom is -0.296 e. The van der Waals surface area contributed by atoms with Gasteiger partial charge in [-0.1, -0.05) is 6.92 Å². The molecule has 1 aromatic heterocycles. The van der Waals surface area contributed by atoms with Gasteiger partial charge in [0, 0.05) is 17.5 Å². The summed E-state index contributed by atoms with van der Waals surface area (Å²) in [4.78, 5) is 15.8. The molecule has 18 heavy (non-hydrogen) atoms. The van der Waals surface area contributed by atoms with Gasteiger partial charge in [-0.3, -0.25) is 15.1 Å². The highest BCUT2D eigenvalue weighted by Gasteiger charge is 2.23. The fraction of sp³-hybridized carbons (Fsp3) is 0.615. The Morgan fingerprint density at radius 2 is 2.33 bits per heavy atom. The summed E-state index contributed by atoms with van der Waals surface area (Å²) in [7, 11) is 0. The van der Waals surface area contributed by atoms with Crippen LogP contribution >= 0.6 is 11.3 Å². The average Bonchev–Trinajstić information content (AvgIpc) is 2.80. The first-order valence-corrected chi connectivity index (χ1v) is 7.25. The molecule has 4 nitrogen and oxygen atoms in total. The van der Waals surface area contributed by atoms with Crippen molar-refractivity contribution in [2.45, 2.75) is 39.3 Å². The van der Waals surface area contributed by atoms with Crippen LogP contribution < -0.4 is 11.3 Å². The molecule has 0 aliphatic carbocycles. The molecule has 1 saturated heterocycles. The maximum Gasteiger partial charge on any atom is 0.275 e. The van der Waals surface area contributed by atoms with Gasteiger partial charge in [0.1, 0.15) is 0 Å². The monoisotopic (exact) mass is 267 g/mol. The van der Waals surface area contributed by atoms with E-state index in [0.717, 1.165) is 19.0 Å². The number of nitrogen functional groups attached to an aromatic ring is 1. The minimum atomic E-state index is -0.202. The van der Waals surface area contributed by atoms with Crippen LogP contribution in [0.2, 0.25) is 0 Å². The summed E-state index contributed by atoms with van der Waals surface area (Å²) in [5.41, 5.74) is 2.17. The van der Waals surface area contributed by atoms with Crippen LogP contribution in [0.15, 0.2) is 12.1 Å². The van der Waals surface area contributed by atoms with Crippen molar-refractivity contribution in [2.24, 2.45) is 11.8 Å². The third kappa shape index (κ3) is 3.10. The van der Waals surface area contributed by atoms with E-state index < -0.39 is 0 Å². The lowest BCUT2D eigenvalue weighted by Gasteiger charge is -2.36. The number of hydrogen-bond acceptors (Lipinski definition) is 4. The van der Waals surface area contributed by atoms with Gasteiger partial charge in [0.25, 0.3) is 5.91 Å². The SMILES string of the molecule is CC1CCN(Cc2ccc(C(=O)NN)s2)C(C)C1. The Bertz CT molecular complexity index is 418. The molecule has 1 amide bonds. The van der Waals surface area contributed by atoms with Crippen molar-refractivity contribution in [3.8, 4) is 0 Å². The largest absolute Gasteiger partial charge is 0.296 e. The maximum atomic E-state index is 11.4. The predicted molar refractivity (Wildman–Crippen MR) is 74.2 cm³/mol. The summed E-state index contributed by atoms with van der Waals surface area (Å²) < 4.78 is 0. The van der Waals surface area contributed by atoms with Crippen molar-refractivity contribution in [1.82, 2.24) is 10.3 Å². The first kappa shape index (κ1) is 13.5. The van der Waals surface area contributed by atoms with Gasteiger partial charge in [-0.05, 0) is 44.4 Å². The lowest BCUT2D eigenvalue weighted by Crippen LogP contribution is -2.39. The third-order valence-electron chi connectivity index (χ3n) is 3.65. The summed E-state index contributed by atoms with van der Waals surface area (Å²) in [5.74, 6) is 5.76. The van der Waals surface area contributed by atoms with Crippen LogP contribution in [-0.4, -0.2) is 23.4 Å². The Morgan fingerprint density at radius 3 is 3.00 bits per heavy atom. The van der Waals surface area contributed by atoms with Gasteiger partial charge >= 0.3 is 0 Å². The van der Waals surface area contributed by atoms with Gasteiger partial charge in [-0.15, -0.1) is 11.3 Å². The second-order valence-electron chi connectivity index (χ2n) is 5.19. The summed E-state index contributed by atoms with van der Waals surface area (Å²) in [5, 5.41) is 0. The van der Waals surface area contributed by atoms with Gasteiger partial charge in [-0.25, -0.2) is 5.84 Å². The zero-order valence-corrected chi connectivity index (χ0v) is 11.8. The molecule has 1 aliphatic rings. The number of rotatable bonds is 3. The molecule has 2 heterocycles. The molecule has 0 saturated carbocycles. The molecule has 1 aromatic rings. The van der Waals surface area contributed by atoms with Crippen LogP contribution in [0.25, 0.3) is 0 Å². The Kier molecular flexibility index (Phi) is 4.37. The summed E-state index contributed by atoms with van der Waals surface area (Å²) >= 11 is 1.53. The van der Waals surface area contributed by atoms with Crippen molar-refractivity contribution >= 4 is 17.2 Å². The van der Waals surface area contributed by atoms with E-state index in [4.69, 9.17) is 5.84 Å². The first-order chi connectivity index (χ1) is 8.60. The topological polar surface area (TPSA) is 58.4 Å². The molecule has 5 heteroatoms. The Hall–Kier alpha value is -0.910. The van der Waals surface area contributed by atoms with Crippen molar-refractivity contribution < 1.29 is 4.79 Å². The lowest BCUT2D eigenvalue weighted by molar-refractivity contribution is 0.0957. The van der Waals surface area contributed by atoms with Crippen LogP contribution in [0, 0.1) is 5.92 Å². The molecule has 2 atom stereocenters. The molecular weight excluding hydrogens is 246 g/mol. The highest BCUT2D eigenvalue weighted by molar-refractivity contribution is 7.14. The van der Waals surface area contributed by atoms with Crippen LogP contribution in [0.3, 0.4) is 0 Å². The minimum absolute atomic E-state index is 0.202. The Morgan fingerprint density at radius 1 is 1.56 bits per heavy atom. The van der Waals surface area contributed by atoms with Crippen LogP contribution in [-0.2, 0) is 6.54 Å². The molecule has 3 N–H and O–H groups in total. The van der Waals surface area contributed by atoms with Crippen molar-refractivity contribution in [3.63, 3.8) is 0 Å². The fourth-order valence-electron chi connectivity index (χ4n) is 2.55. The van der Waals surface area contributed by atoms with Gasteiger partial charge < -0.3 is 0 Å². The van der Waals surface area contributed by atoms with E-state index >= 15 is 0 Å².